The third-order valence-corrected chi connectivity index (χ3v) is 4.94. The molecule has 49 heavy (non-hydrogen) atoms. The molecule has 0 aliphatic rings. The zero-order valence-corrected chi connectivity index (χ0v) is 29.2. The van der Waals surface area contributed by atoms with Gasteiger partial charge in [-0.25, -0.2) is 14.4 Å². The monoisotopic (exact) mass is 706 g/mol. The Labute approximate surface area is 286 Å². The third-order valence-electron chi connectivity index (χ3n) is 4.94. The average Bonchev–Trinajstić information content (AvgIpc) is 3.06. The molecule has 1 rings (SSSR count). The molecule has 0 radical (unpaired) electrons. The zero-order chi connectivity index (χ0) is 37.5. The van der Waals surface area contributed by atoms with Crippen molar-refractivity contribution in [2.24, 2.45) is 5.92 Å². The summed E-state index contributed by atoms with van der Waals surface area (Å²) in [5, 5.41) is 9.05. The van der Waals surface area contributed by atoms with Gasteiger partial charge in [-0.05, 0) is 26.3 Å². The van der Waals surface area contributed by atoms with Gasteiger partial charge in [-0.1, -0.05) is 37.3 Å². The van der Waals surface area contributed by atoms with E-state index < -0.39 is 30.7 Å². The number of rotatable bonds is 21. The predicted octanol–water partition coefficient (Wildman–Crippen LogP) is 2.71. The molecule has 0 aliphatic heterocycles. The fourth-order valence-corrected chi connectivity index (χ4v) is 2.83. The summed E-state index contributed by atoms with van der Waals surface area (Å²) in [6.45, 7) is 6.23. The van der Waals surface area contributed by atoms with E-state index >= 15 is 0 Å². The van der Waals surface area contributed by atoms with Gasteiger partial charge in [0.1, 0.15) is 25.4 Å². The van der Waals surface area contributed by atoms with Crippen molar-refractivity contribution in [1.82, 2.24) is 0 Å². The molecule has 1 N–H and O–H groups in total. The first kappa shape index (κ1) is 47.0. The summed E-state index contributed by atoms with van der Waals surface area (Å²) in [7, 11) is 4.52. The van der Waals surface area contributed by atoms with Crippen LogP contribution in [0.5, 0.6) is 0 Å². The van der Waals surface area contributed by atoms with Crippen molar-refractivity contribution >= 4 is 35.8 Å². The van der Waals surface area contributed by atoms with Crippen molar-refractivity contribution in [3.63, 3.8) is 0 Å². The summed E-state index contributed by atoms with van der Waals surface area (Å²) < 4.78 is 47.6. The molecule has 3 atom stereocenters. The first-order valence-electron chi connectivity index (χ1n) is 14.9. The molecule has 17 nitrogen and oxygen atoms in total. The number of methoxy groups -OCH3 is 3. The molecule has 0 saturated carbocycles. The molecule has 1 aromatic carbocycles. The van der Waals surface area contributed by atoms with Gasteiger partial charge in [0.2, 0.25) is 0 Å². The number of aliphatic hydroxyl groups excluding tert-OH is 1. The van der Waals surface area contributed by atoms with E-state index in [9.17, 15) is 28.8 Å². The summed E-state index contributed by atoms with van der Waals surface area (Å²) in [5.74, 6) is -0.628. The highest BCUT2D eigenvalue weighted by molar-refractivity contribution is 5.79. The third kappa shape index (κ3) is 33.5. The van der Waals surface area contributed by atoms with Crippen LogP contribution in [-0.4, -0.2) is 134 Å². The summed E-state index contributed by atoms with van der Waals surface area (Å²) in [6, 6.07) is 9.63. The second-order valence-electron chi connectivity index (χ2n) is 10.2. The lowest BCUT2D eigenvalue weighted by Gasteiger charge is -2.17. The molecule has 280 valence electrons. The van der Waals surface area contributed by atoms with Gasteiger partial charge in [0.05, 0.1) is 33.0 Å². The van der Waals surface area contributed by atoms with Crippen molar-refractivity contribution in [3.8, 4) is 0 Å². The van der Waals surface area contributed by atoms with Crippen molar-refractivity contribution in [2.45, 2.75) is 46.5 Å². The maximum atomic E-state index is 11.2. The summed E-state index contributed by atoms with van der Waals surface area (Å²) in [4.78, 5) is 64.3. The first-order chi connectivity index (χ1) is 23.2. The zero-order valence-electron chi connectivity index (χ0n) is 29.2. The molecule has 1 aromatic rings. The molecule has 17 heteroatoms. The molecule has 0 bridgehead atoms. The van der Waals surface area contributed by atoms with Crippen LogP contribution in [0.3, 0.4) is 0 Å². The minimum atomic E-state index is -0.977. The van der Waals surface area contributed by atoms with Gasteiger partial charge in [-0.2, -0.15) is 0 Å². The largest absolute Gasteiger partial charge is 0.508 e. The fourth-order valence-electron chi connectivity index (χ4n) is 2.83. The number of ether oxygens (including phenoxy) is 10. The number of Topliss-reactive ketones (excluding diaryl/α,β-unsaturated/α-hetero) is 3. The Morgan fingerprint density at radius 2 is 1.00 bits per heavy atom. The van der Waals surface area contributed by atoms with Crippen LogP contribution in [0.15, 0.2) is 30.3 Å². The Bertz CT molecular complexity index is 1020. The van der Waals surface area contributed by atoms with Crippen LogP contribution >= 0.6 is 0 Å². The average molecular weight is 707 g/mol. The molecule has 0 aromatic heterocycles. The highest BCUT2D eigenvalue weighted by Gasteiger charge is 2.14. The van der Waals surface area contributed by atoms with E-state index in [0.717, 1.165) is 5.56 Å². The molecule has 0 amide bonds. The summed E-state index contributed by atoms with van der Waals surface area (Å²) >= 11 is 0. The number of hydrogen-bond acceptors (Lipinski definition) is 17. The van der Waals surface area contributed by atoms with Crippen molar-refractivity contribution in [3.05, 3.63) is 35.9 Å². The topological polar surface area (TPSA) is 215 Å². The van der Waals surface area contributed by atoms with Crippen LogP contribution in [0.2, 0.25) is 0 Å². The van der Waals surface area contributed by atoms with Crippen LogP contribution in [0.4, 0.5) is 14.4 Å². The quantitative estimate of drug-likeness (QED) is 0.144. The first-order valence-corrected chi connectivity index (χ1v) is 14.9. The predicted molar refractivity (Wildman–Crippen MR) is 170 cm³/mol. The maximum absolute atomic E-state index is 11.2. The molecule has 0 fully saturated rings. The number of carbonyl (C=O) groups is 6. The van der Waals surface area contributed by atoms with Gasteiger partial charge in [0.25, 0.3) is 0 Å². The molecule has 0 spiro atoms. The highest BCUT2D eigenvalue weighted by Crippen LogP contribution is 2.05. The van der Waals surface area contributed by atoms with Gasteiger partial charge >= 0.3 is 18.5 Å². The van der Waals surface area contributed by atoms with E-state index in [1.807, 2.05) is 37.3 Å². The van der Waals surface area contributed by atoms with Crippen LogP contribution in [0.25, 0.3) is 0 Å². The lowest BCUT2D eigenvalue weighted by molar-refractivity contribution is -0.121. The van der Waals surface area contributed by atoms with Crippen molar-refractivity contribution in [1.29, 1.82) is 0 Å². The smallest absolute Gasteiger partial charge is 0.434 e. The summed E-state index contributed by atoms with van der Waals surface area (Å²) in [6.07, 6.45) is -3.97. The van der Waals surface area contributed by atoms with Crippen LogP contribution in [0.1, 0.15) is 33.3 Å². The van der Waals surface area contributed by atoms with Crippen LogP contribution in [0, 0.1) is 5.92 Å². The number of hydrogen-bond donors (Lipinski definition) is 1. The highest BCUT2D eigenvalue weighted by atomic mass is 16.7. The van der Waals surface area contributed by atoms with E-state index in [4.69, 9.17) is 28.8 Å². The lowest BCUT2D eigenvalue weighted by atomic mass is 10.2. The molecular formula is C32H50O17. The van der Waals surface area contributed by atoms with Crippen LogP contribution in [-0.2, 0) is 68.4 Å². The number of carbonyl (C=O) groups excluding carboxylic acids is 6. The van der Waals surface area contributed by atoms with E-state index in [2.05, 4.69) is 23.7 Å². The molecular weight excluding hydrogens is 656 g/mol. The standard InChI is InChI=1S/C15H20O6.C9H16O5.C8H14O6/c1-12(16)8-20-15(17)21-11-14(10-18-2)19-9-13-6-4-3-5-7-13;1-7(4-12-3)5-13-9(11)14-6-8(2)10;1-6(9)3-13-8(11)14-5-7(10)4-12-2/h3-7,14H,8-11H2,1-2H3;7H,4-6H2,1-3H3;7,10H,3-5H2,1-2H3. The normalized spacial score (nSPS) is 11.8. The van der Waals surface area contributed by atoms with Crippen molar-refractivity contribution < 1.29 is 81.2 Å². The van der Waals surface area contributed by atoms with Gasteiger partial charge in [-0.15, -0.1) is 0 Å². The van der Waals surface area contributed by atoms with Gasteiger partial charge in [0.15, 0.2) is 37.2 Å². The number of aliphatic hydroxyl groups is 1. The van der Waals surface area contributed by atoms with Crippen LogP contribution < -0.4 is 0 Å². The number of ketones is 3. The molecule has 0 heterocycles. The van der Waals surface area contributed by atoms with E-state index in [-0.39, 0.29) is 76.1 Å². The van der Waals surface area contributed by atoms with Gasteiger partial charge in [0, 0.05) is 27.2 Å². The van der Waals surface area contributed by atoms with Gasteiger partial charge < -0.3 is 52.5 Å². The minimum absolute atomic E-state index is 0.00257. The van der Waals surface area contributed by atoms with Gasteiger partial charge in [-0.3, -0.25) is 14.4 Å². The molecule has 0 aliphatic carbocycles. The Hall–Kier alpha value is -4.16. The summed E-state index contributed by atoms with van der Waals surface area (Å²) in [5.41, 5.74) is 1.01. The van der Waals surface area contributed by atoms with E-state index in [0.29, 0.717) is 13.2 Å². The minimum Gasteiger partial charge on any atom is -0.434 e. The SMILES string of the molecule is COCC(C)COC(=O)OCC(C)=O.COCC(COC(=O)OCC(C)=O)OCc1ccccc1.COCC(O)COC(=O)OCC(C)=O. The Morgan fingerprint density at radius 3 is 1.43 bits per heavy atom. The second-order valence-corrected chi connectivity index (χ2v) is 10.2. The second kappa shape index (κ2) is 31.1. The molecule has 3 unspecified atom stereocenters. The van der Waals surface area contributed by atoms with Crippen molar-refractivity contribution in [2.75, 3.05) is 80.8 Å². The van der Waals surface area contributed by atoms with E-state index in [1.165, 1.54) is 35.0 Å². The lowest BCUT2D eigenvalue weighted by Crippen LogP contribution is -2.27. The maximum Gasteiger partial charge on any atom is 0.508 e. The molecule has 0 saturated heterocycles. The Balaban J connectivity index is 0. The fraction of sp³-hybridized carbons (Fsp3) is 0.625. The Kier molecular flexibility index (Phi) is 29.8. The van der Waals surface area contributed by atoms with E-state index in [1.54, 1.807) is 7.11 Å². The number of benzene rings is 1. The Morgan fingerprint density at radius 1 is 0.571 bits per heavy atom.